The number of aliphatic hydroxyl groups is 3. The van der Waals surface area contributed by atoms with E-state index < -0.39 is 18.3 Å². The molecule has 0 bridgehead atoms. The quantitative estimate of drug-likeness (QED) is 0.387. The largest absolute Gasteiger partial charge is 0.389 e. The summed E-state index contributed by atoms with van der Waals surface area (Å²) in [6, 6.07) is -0.150. The molecule has 5 nitrogen and oxygen atoms in total. The van der Waals surface area contributed by atoms with Gasteiger partial charge in [-0.2, -0.15) is 0 Å². The van der Waals surface area contributed by atoms with Crippen LogP contribution in [0, 0.1) is 0 Å². The van der Waals surface area contributed by atoms with Crippen LogP contribution >= 0.6 is 0 Å². The van der Waals surface area contributed by atoms with Gasteiger partial charge < -0.3 is 20.1 Å². The highest BCUT2D eigenvalue weighted by Gasteiger charge is 2.43. The second kappa shape index (κ2) is 2.93. The fourth-order valence-electron chi connectivity index (χ4n) is 1.80. The van der Waals surface area contributed by atoms with Gasteiger partial charge in [0.1, 0.15) is 12.2 Å². The Bertz CT molecular complexity index is 177. The van der Waals surface area contributed by atoms with Crippen molar-refractivity contribution < 1.29 is 20.1 Å². The highest BCUT2D eigenvalue weighted by Crippen LogP contribution is 2.22. The molecule has 2 saturated heterocycles. The lowest BCUT2D eigenvalue weighted by molar-refractivity contribution is -0.125. The molecule has 0 radical (unpaired) electrons. The summed E-state index contributed by atoms with van der Waals surface area (Å²) in [7, 11) is 0. The second-order valence-electron chi connectivity index (χ2n) is 3.39. The minimum absolute atomic E-state index is 0.150. The minimum Gasteiger partial charge on any atom is -0.389 e. The van der Waals surface area contributed by atoms with Crippen LogP contribution in [0.3, 0.4) is 0 Å². The molecule has 70 valence electrons. The number of nitrogens with zero attached hydrogens (tertiary/aromatic N) is 1. The average Bonchev–Trinajstić information content (AvgIpc) is 2.48. The Labute approximate surface area is 70.2 Å². The third-order valence-corrected chi connectivity index (χ3v) is 2.57. The zero-order chi connectivity index (χ0) is 8.72. The standard InChI is InChI=1S/C7H13NO4/c9-5-1-8-3-12-2-4(8)6(10)7(5)11/h4-7,9-11H,1-3H2. The highest BCUT2D eigenvalue weighted by atomic mass is 16.5. The van der Waals surface area contributed by atoms with Crippen LogP contribution in [0.1, 0.15) is 0 Å². The van der Waals surface area contributed by atoms with Crippen molar-refractivity contribution in [2.75, 3.05) is 19.9 Å². The lowest BCUT2D eigenvalue weighted by Crippen LogP contribution is -2.59. The molecule has 2 heterocycles. The zero-order valence-electron chi connectivity index (χ0n) is 6.63. The molecule has 0 aromatic heterocycles. The molecule has 2 rings (SSSR count). The van der Waals surface area contributed by atoms with Gasteiger partial charge in [-0.1, -0.05) is 0 Å². The third kappa shape index (κ3) is 1.14. The molecule has 0 aliphatic carbocycles. The maximum atomic E-state index is 9.49. The molecular weight excluding hydrogens is 162 g/mol. The Morgan fingerprint density at radius 2 is 1.92 bits per heavy atom. The summed E-state index contributed by atoms with van der Waals surface area (Å²) in [6.07, 6.45) is -2.79. The summed E-state index contributed by atoms with van der Waals surface area (Å²) in [5, 5.41) is 28.1. The van der Waals surface area contributed by atoms with E-state index in [1.807, 2.05) is 4.90 Å². The predicted octanol–water partition coefficient (Wildman–Crippen LogP) is -2.26. The first-order valence-electron chi connectivity index (χ1n) is 4.06. The molecule has 0 saturated carbocycles. The number of piperidine rings is 1. The van der Waals surface area contributed by atoms with E-state index in [4.69, 9.17) is 4.74 Å². The molecule has 2 aliphatic heterocycles. The first-order chi connectivity index (χ1) is 5.70. The van der Waals surface area contributed by atoms with Crippen LogP contribution in [0.25, 0.3) is 0 Å². The Hall–Kier alpha value is -0.200. The molecule has 0 spiro atoms. The number of rotatable bonds is 0. The van der Waals surface area contributed by atoms with Crippen LogP contribution in [0.2, 0.25) is 0 Å². The lowest BCUT2D eigenvalue weighted by atomic mass is 9.95. The Morgan fingerprint density at radius 3 is 2.67 bits per heavy atom. The van der Waals surface area contributed by atoms with Gasteiger partial charge in [0.2, 0.25) is 0 Å². The van der Waals surface area contributed by atoms with E-state index in [1.165, 1.54) is 0 Å². The van der Waals surface area contributed by atoms with E-state index in [1.54, 1.807) is 0 Å². The summed E-state index contributed by atoms with van der Waals surface area (Å²) in [5.41, 5.74) is 0. The average molecular weight is 175 g/mol. The maximum absolute atomic E-state index is 9.49. The molecule has 4 atom stereocenters. The predicted molar refractivity (Wildman–Crippen MR) is 39.3 cm³/mol. The Morgan fingerprint density at radius 1 is 1.17 bits per heavy atom. The summed E-state index contributed by atoms with van der Waals surface area (Å²) < 4.78 is 5.10. The van der Waals surface area contributed by atoms with Gasteiger partial charge in [-0.3, -0.25) is 4.90 Å². The highest BCUT2D eigenvalue weighted by molar-refractivity contribution is 4.95. The monoisotopic (exact) mass is 175 g/mol. The fraction of sp³-hybridized carbons (Fsp3) is 1.00. The van der Waals surface area contributed by atoms with Gasteiger partial charge in [-0.05, 0) is 0 Å². The maximum Gasteiger partial charge on any atom is 0.109 e. The van der Waals surface area contributed by atoms with Crippen LogP contribution in [0.4, 0.5) is 0 Å². The molecular formula is C7H13NO4. The van der Waals surface area contributed by atoms with E-state index >= 15 is 0 Å². The SMILES string of the molecule is OC1CN2COCC2C(O)C1O. The van der Waals surface area contributed by atoms with Crippen LogP contribution in [-0.4, -0.2) is 64.5 Å². The van der Waals surface area contributed by atoms with E-state index in [0.717, 1.165) is 0 Å². The lowest BCUT2D eigenvalue weighted by Gasteiger charge is -2.38. The molecule has 3 N–H and O–H groups in total. The number of hydrogen-bond donors (Lipinski definition) is 3. The molecule has 0 aromatic carbocycles. The van der Waals surface area contributed by atoms with Crippen LogP contribution in [0.15, 0.2) is 0 Å². The van der Waals surface area contributed by atoms with Gasteiger partial charge in [-0.15, -0.1) is 0 Å². The molecule has 0 amide bonds. The number of hydrogen-bond acceptors (Lipinski definition) is 5. The summed E-state index contributed by atoms with van der Waals surface area (Å²) in [5.74, 6) is 0. The molecule has 12 heavy (non-hydrogen) atoms. The van der Waals surface area contributed by atoms with Crippen molar-refractivity contribution in [3.8, 4) is 0 Å². The van der Waals surface area contributed by atoms with Gasteiger partial charge in [0.05, 0.1) is 25.5 Å². The van der Waals surface area contributed by atoms with Crippen LogP contribution < -0.4 is 0 Å². The van der Waals surface area contributed by atoms with E-state index in [-0.39, 0.29) is 6.04 Å². The first-order valence-corrected chi connectivity index (χ1v) is 4.06. The topological polar surface area (TPSA) is 73.2 Å². The first kappa shape index (κ1) is 8.40. The van der Waals surface area contributed by atoms with Gasteiger partial charge in [0.25, 0.3) is 0 Å². The molecule has 4 unspecified atom stereocenters. The second-order valence-corrected chi connectivity index (χ2v) is 3.39. The Balaban J connectivity index is 2.10. The fourth-order valence-corrected chi connectivity index (χ4v) is 1.80. The summed E-state index contributed by atoms with van der Waals surface area (Å²) >= 11 is 0. The van der Waals surface area contributed by atoms with Gasteiger partial charge in [0, 0.05) is 6.54 Å². The molecule has 2 aliphatic rings. The smallest absolute Gasteiger partial charge is 0.109 e. The third-order valence-electron chi connectivity index (χ3n) is 2.57. The van der Waals surface area contributed by atoms with Crippen molar-refractivity contribution in [1.29, 1.82) is 0 Å². The minimum atomic E-state index is -1.03. The van der Waals surface area contributed by atoms with Crippen LogP contribution in [-0.2, 0) is 4.74 Å². The van der Waals surface area contributed by atoms with Crippen molar-refractivity contribution in [1.82, 2.24) is 4.90 Å². The Kier molecular flexibility index (Phi) is 2.05. The normalized spacial score (nSPS) is 49.2. The van der Waals surface area contributed by atoms with Crippen molar-refractivity contribution in [2.45, 2.75) is 24.4 Å². The van der Waals surface area contributed by atoms with Crippen molar-refractivity contribution in [3.05, 3.63) is 0 Å². The van der Waals surface area contributed by atoms with Crippen molar-refractivity contribution in [3.63, 3.8) is 0 Å². The molecule has 2 fully saturated rings. The van der Waals surface area contributed by atoms with Gasteiger partial charge >= 0.3 is 0 Å². The summed E-state index contributed by atoms with van der Waals surface area (Å²) in [4.78, 5) is 1.84. The van der Waals surface area contributed by atoms with Gasteiger partial charge in [0.15, 0.2) is 0 Å². The molecule has 5 heteroatoms. The summed E-state index contributed by atoms with van der Waals surface area (Å²) in [6.45, 7) is 1.25. The van der Waals surface area contributed by atoms with E-state index in [0.29, 0.717) is 19.9 Å². The number of fused-ring (bicyclic) bond motifs is 1. The van der Waals surface area contributed by atoms with E-state index in [9.17, 15) is 15.3 Å². The van der Waals surface area contributed by atoms with Crippen LogP contribution in [0.5, 0.6) is 0 Å². The number of ether oxygens (including phenoxy) is 1. The van der Waals surface area contributed by atoms with E-state index in [2.05, 4.69) is 0 Å². The number of aliphatic hydroxyl groups excluding tert-OH is 3. The van der Waals surface area contributed by atoms with Gasteiger partial charge in [-0.25, -0.2) is 0 Å². The zero-order valence-corrected chi connectivity index (χ0v) is 6.63. The van der Waals surface area contributed by atoms with Crippen molar-refractivity contribution >= 4 is 0 Å². The van der Waals surface area contributed by atoms with Crippen molar-refractivity contribution in [2.24, 2.45) is 0 Å². The molecule has 0 aromatic rings.